The summed E-state index contributed by atoms with van der Waals surface area (Å²) in [6.07, 6.45) is 1.01. The number of carbonyl (C=O) groups excluding carboxylic acids is 2. The summed E-state index contributed by atoms with van der Waals surface area (Å²) in [4.78, 5) is 33.5. The van der Waals surface area contributed by atoms with E-state index in [-0.39, 0.29) is 18.5 Å². The lowest BCUT2D eigenvalue weighted by atomic mass is 10.1. The molecule has 2 aliphatic rings. The summed E-state index contributed by atoms with van der Waals surface area (Å²) in [5.41, 5.74) is 1.99. The highest BCUT2D eigenvalue weighted by Gasteiger charge is 2.34. The lowest BCUT2D eigenvalue weighted by Crippen LogP contribution is -2.51. The molecule has 2 aromatic carbocycles. The Morgan fingerprint density at radius 3 is 2.36 bits per heavy atom. The van der Waals surface area contributed by atoms with E-state index in [1.165, 1.54) is 5.56 Å². The van der Waals surface area contributed by atoms with Gasteiger partial charge in [-0.25, -0.2) is 4.79 Å². The van der Waals surface area contributed by atoms with E-state index >= 15 is 0 Å². The zero-order chi connectivity index (χ0) is 23.2. The van der Waals surface area contributed by atoms with Crippen LogP contribution in [-0.4, -0.2) is 93.2 Å². The van der Waals surface area contributed by atoms with Crippen molar-refractivity contribution in [3.8, 4) is 11.5 Å². The van der Waals surface area contributed by atoms with Gasteiger partial charge in [0.2, 0.25) is 5.91 Å². The Kier molecular flexibility index (Phi) is 7.34. The maximum atomic E-state index is 13.0. The molecule has 0 N–H and O–H groups in total. The number of anilines is 1. The van der Waals surface area contributed by atoms with Gasteiger partial charge in [0.25, 0.3) is 0 Å². The second kappa shape index (κ2) is 10.6. The van der Waals surface area contributed by atoms with Crippen LogP contribution in [0, 0.1) is 0 Å². The topological polar surface area (TPSA) is 65.6 Å². The molecule has 2 aliphatic heterocycles. The van der Waals surface area contributed by atoms with Crippen LogP contribution in [0.25, 0.3) is 0 Å². The first-order valence-electron chi connectivity index (χ1n) is 11.4. The number of hydrogen-bond acceptors (Lipinski definition) is 5. The van der Waals surface area contributed by atoms with Crippen LogP contribution in [0.1, 0.15) is 5.56 Å². The molecule has 0 aromatic heterocycles. The van der Waals surface area contributed by atoms with E-state index < -0.39 is 0 Å². The molecule has 2 heterocycles. The first-order valence-corrected chi connectivity index (χ1v) is 11.4. The highest BCUT2D eigenvalue weighted by atomic mass is 16.5. The number of rotatable bonds is 8. The molecule has 2 saturated heterocycles. The van der Waals surface area contributed by atoms with Gasteiger partial charge in [-0.3, -0.25) is 14.6 Å². The first kappa shape index (κ1) is 22.9. The van der Waals surface area contributed by atoms with Crippen molar-refractivity contribution >= 4 is 17.6 Å². The Balaban J connectivity index is 1.28. The fraction of sp³-hybridized carbons (Fsp3) is 0.440. The Bertz CT molecular complexity index is 960. The third-order valence-corrected chi connectivity index (χ3v) is 6.38. The largest absolute Gasteiger partial charge is 0.497 e. The van der Waals surface area contributed by atoms with Gasteiger partial charge in [0.15, 0.2) is 0 Å². The second-order valence-corrected chi connectivity index (χ2v) is 8.35. The molecule has 0 spiro atoms. The van der Waals surface area contributed by atoms with Crippen molar-refractivity contribution in [1.29, 1.82) is 0 Å². The summed E-state index contributed by atoms with van der Waals surface area (Å²) >= 11 is 0. The number of ether oxygens (including phenoxy) is 2. The van der Waals surface area contributed by atoms with Gasteiger partial charge in [-0.15, -0.1) is 0 Å². The molecule has 0 saturated carbocycles. The van der Waals surface area contributed by atoms with Crippen molar-refractivity contribution in [2.45, 2.75) is 6.42 Å². The molecule has 0 unspecified atom stereocenters. The van der Waals surface area contributed by atoms with Gasteiger partial charge < -0.3 is 19.3 Å². The highest BCUT2D eigenvalue weighted by molar-refractivity contribution is 5.98. The van der Waals surface area contributed by atoms with Gasteiger partial charge in [-0.2, -0.15) is 0 Å². The number of urea groups is 1. The van der Waals surface area contributed by atoms with Crippen LogP contribution >= 0.6 is 0 Å². The highest BCUT2D eigenvalue weighted by Crippen LogP contribution is 2.34. The van der Waals surface area contributed by atoms with Gasteiger partial charge in [-0.1, -0.05) is 30.3 Å². The zero-order valence-corrected chi connectivity index (χ0v) is 19.4. The van der Waals surface area contributed by atoms with Crippen LogP contribution in [0.15, 0.2) is 48.5 Å². The van der Waals surface area contributed by atoms with Crippen molar-refractivity contribution in [2.75, 3.05) is 71.5 Å². The third-order valence-electron chi connectivity index (χ3n) is 6.38. The third kappa shape index (κ3) is 5.39. The summed E-state index contributed by atoms with van der Waals surface area (Å²) in [6, 6.07) is 15.7. The SMILES string of the molecule is COc1ccc(OC)c(N2CCN(CC(=O)N3CCN(CCc4ccccc4)CC3)C2=O)c1. The lowest BCUT2D eigenvalue weighted by Gasteiger charge is -2.35. The van der Waals surface area contributed by atoms with Crippen LogP contribution in [0.4, 0.5) is 10.5 Å². The number of methoxy groups -OCH3 is 2. The van der Waals surface area contributed by atoms with E-state index in [0.29, 0.717) is 43.4 Å². The van der Waals surface area contributed by atoms with E-state index in [4.69, 9.17) is 9.47 Å². The van der Waals surface area contributed by atoms with Crippen LogP contribution in [0.3, 0.4) is 0 Å². The van der Waals surface area contributed by atoms with E-state index in [2.05, 4.69) is 29.2 Å². The maximum Gasteiger partial charge on any atom is 0.325 e. The zero-order valence-electron chi connectivity index (χ0n) is 19.4. The van der Waals surface area contributed by atoms with Gasteiger partial charge in [-0.05, 0) is 24.1 Å². The average Bonchev–Trinajstić information content (AvgIpc) is 3.22. The molecule has 2 aromatic rings. The predicted molar refractivity (Wildman–Crippen MR) is 127 cm³/mol. The Morgan fingerprint density at radius 1 is 0.909 bits per heavy atom. The monoisotopic (exact) mass is 452 g/mol. The molecule has 8 nitrogen and oxygen atoms in total. The predicted octanol–water partition coefficient (Wildman–Crippen LogP) is 2.33. The maximum absolute atomic E-state index is 13.0. The summed E-state index contributed by atoms with van der Waals surface area (Å²) < 4.78 is 10.7. The minimum atomic E-state index is -0.184. The number of benzene rings is 2. The Hall–Kier alpha value is -3.26. The molecule has 33 heavy (non-hydrogen) atoms. The first-order chi connectivity index (χ1) is 16.1. The van der Waals surface area contributed by atoms with E-state index in [1.807, 2.05) is 11.0 Å². The summed E-state index contributed by atoms with van der Waals surface area (Å²) in [7, 11) is 3.16. The van der Waals surface area contributed by atoms with Crippen molar-refractivity contribution in [3.63, 3.8) is 0 Å². The minimum Gasteiger partial charge on any atom is -0.497 e. The molecule has 0 aliphatic carbocycles. The molecule has 0 atom stereocenters. The van der Waals surface area contributed by atoms with Crippen LogP contribution in [-0.2, 0) is 11.2 Å². The molecule has 176 valence electrons. The van der Waals surface area contributed by atoms with Gasteiger partial charge in [0.1, 0.15) is 18.0 Å². The van der Waals surface area contributed by atoms with Crippen molar-refractivity contribution in [2.24, 2.45) is 0 Å². The normalized spacial score (nSPS) is 16.9. The average molecular weight is 453 g/mol. The van der Waals surface area contributed by atoms with Crippen LogP contribution in [0.5, 0.6) is 11.5 Å². The van der Waals surface area contributed by atoms with E-state index in [0.717, 1.165) is 26.1 Å². The standard InChI is InChI=1S/C25H32N4O4/c1-32-21-8-9-23(33-2)22(18-21)29-17-16-28(25(29)31)19-24(30)27-14-12-26(13-15-27)11-10-20-6-4-3-5-7-20/h3-9,18H,10-17,19H2,1-2H3. The molecule has 4 rings (SSSR count). The van der Waals surface area contributed by atoms with Crippen molar-refractivity contribution < 1.29 is 19.1 Å². The molecule has 0 radical (unpaired) electrons. The number of nitrogens with zero attached hydrogens (tertiary/aromatic N) is 4. The summed E-state index contributed by atoms with van der Waals surface area (Å²) in [5.74, 6) is 1.26. The second-order valence-electron chi connectivity index (χ2n) is 8.35. The Morgan fingerprint density at radius 2 is 1.67 bits per heavy atom. The van der Waals surface area contributed by atoms with E-state index in [1.54, 1.807) is 42.2 Å². The molecular weight excluding hydrogens is 420 g/mol. The fourth-order valence-corrected chi connectivity index (χ4v) is 4.38. The quantitative estimate of drug-likeness (QED) is 0.615. The molecule has 2 fully saturated rings. The van der Waals surface area contributed by atoms with Crippen LogP contribution < -0.4 is 14.4 Å². The van der Waals surface area contributed by atoms with Gasteiger partial charge >= 0.3 is 6.03 Å². The molecular formula is C25H32N4O4. The Labute approximate surface area is 195 Å². The minimum absolute atomic E-state index is 0.00511. The number of carbonyl (C=O) groups is 2. The molecule has 8 heteroatoms. The number of amides is 3. The lowest BCUT2D eigenvalue weighted by molar-refractivity contribution is -0.133. The summed E-state index contributed by atoms with van der Waals surface area (Å²) in [5, 5.41) is 0. The smallest absolute Gasteiger partial charge is 0.325 e. The number of hydrogen-bond donors (Lipinski definition) is 0. The summed E-state index contributed by atoms with van der Waals surface area (Å²) in [6.45, 7) is 5.22. The van der Waals surface area contributed by atoms with Gasteiger partial charge in [0.05, 0.1) is 19.9 Å². The molecule has 3 amide bonds. The van der Waals surface area contributed by atoms with Crippen LogP contribution in [0.2, 0.25) is 0 Å². The van der Waals surface area contributed by atoms with Gasteiger partial charge in [0, 0.05) is 51.9 Å². The van der Waals surface area contributed by atoms with Crippen molar-refractivity contribution in [1.82, 2.24) is 14.7 Å². The number of piperazine rings is 1. The fourth-order valence-electron chi connectivity index (χ4n) is 4.38. The van der Waals surface area contributed by atoms with E-state index in [9.17, 15) is 9.59 Å². The van der Waals surface area contributed by atoms with Crippen molar-refractivity contribution in [3.05, 3.63) is 54.1 Å². The molecule has 0 bridgehead atoms.